The first-order valence-corrected chi connectivity index (χ1v) is 4.03. The van der Waals surface area contributed by atoms with Gasteiger partial charge < -0.3 is 9.55 Å². The highest BCUT2D eigenvalue weighted by atomic mass is 16.5. The lowest BCUT2D eigenvalue weighted by atomic mass is 10.1. The van der Waals surface area contributed by atoms with Gasteiger partial charge in [0.15, 0.2) is 6.73 Å². The second kappa shape index (κ2) is 2.76. The molecule has 0 saturated carbocycles. The van der Waals surface area contributed by atoms with Crippen molar-refractivity contribution in [3.8, 4) is 5.88 Å². The van der Waals surface area contributed by atoms with Crippen molar-refractivity contribution < 1.29 is 9.53 Å². The van der Waals surface area contributed by atoms with E-state index < -0.39 is 0 Å². The van der Waals surface area contributed by atoms with Gasteiger partial charge in [-0.3, -0.25) is 4.79 Å². The van der Waals surface area contributed by atoms with Crippen molar-refractivity contribution in [3.05, 3.63) is 23.4 Å². The van der Waals surface area contributed by atoms with Crippen LogP contribution in [0.4, 0.5) is 0 Å². The fraction of sp³-hybridized carbons (Fsp3) is 0.250. The first-order chi connectivity index (χ1) is 6.18. The van der Waals surface area contributed by atoms with Gasteiger partial charge in [0.05, 0.1) is 0 Å². The highest BCUT2D eigenvalue weighted by Gasteiger charge is 2.23. The monoisotopic (exact) mass is 176 g/mol. The Kier molecular flexibility index (Phi) is 1.72. The van der Waals surface area contributed by atoms with Gasteiger partial charge in [-0.05, 0) is 18.6 Å². The summed E-state index contributed by atoms with van der Waals surface area (Å²) in [6.45, 7) is 2.18. The van der Waals surface area contributed by atoms with Crippen molar-refractivity contribution in [3.63, 3.8) is 0 Å². The number of ether oxygens (including phenoxy) is 1. The standard InChI is InChI=1S/C8H9BN2O2/c1-5-2-6-7(10-3-5)13-4-11(9)8(6)12/h2-3H,4,9H2,1H3. The van der Waals surface area contributed by atoms with Crippen molar-refractivity contribution >= 4 is 13.9 Å². The highest BCUT2D eigenvalue weighted by Crippen LogP contribution is 2.21. The normalized spacial score (nSPS) is 15.2. The summed E-state index contributed by atoms with van der Waals surface area (Å²) in [7, 11) is 1.70. The first kappa shape index (κ1) is 8.10. The molecule has 0 fully saturated rings. The maximum absolute atomic E-state index is 11.6. The van der Waals surface area contributed by atoms with Gasteiger partial charge in [-0.2, -0.15) is 0 Å². The second-order valence-corrected chi connectivity index (χ2v) is 3.14. The molecule has 5 heteroatoms. The van der Waals surface area contributed by atoms with Gasteiger partial charge in [0.2, 0.25) is 19.8 Å². The van der Waals surface area contributed by atoms with E-state index in [0.717, 1.165) is 5.56 Å². The third-order valence-electron chi connectivity index (χ3n) is 1.96. The maximum Gasteiger partial charge on any atom is 0.249 e. The highest BCUT2D eigenvalue weighted by molar-refractivity contribution is 6.19. The van der Waals surface area contributed by atoms with E-state index in [0.29, 0.717) is 11.4 Å². The van der Waals surface area contributed by atoms with Crippen molar-refractivity contribution in [2.75, 3.05) is 6.73 Å². The van der Waals surface area contributed by atoms with E-state index in [1.807, 2.05) is 6.92 Å². The van der Waals surface area contributed by atoms with Crippen LogP contribution >= 0.6 is 0 Å². The lowest BCUT2D eigenvalue weighted by Crippen LogP contribution is -2.36. The maximum atomic E-state index is 11.6. The van der Waals surface area contributed by atoms with Crippen molar-refractivity contribution in [2.45, 2.75) is 6.92 Å². The molecule has 0 radical (unpaired) electrons. The topological polar surface area (TPSA) is 42.4 Å². The molecule has 2 rings (SSSR count). The summed E-state index contributed by atoms with van der Waals surface area (Å²) >= 11 is 0. The molecule has 0 saturated heterocycles. The number of carbonyl (C=O) groups is 1. The van der Waals surface area contributed by atoms with Crippen LogP contribution in [0.25, 0.3) is 0 Å². The van der Waals surface area contributed by atoms with Crippen molar-refractivity contribution in [1.82, 2.24) is 9.79 Å². The van der Waals surface area contributed by atoms with Gasteiger partial charge in [0, 0.05) is 6.20 Å². The van der Waals surface area contributed by atoms with Crippen LogP contribution in [0.2, 0.25) is 0 Å². The van der Waals surface area contributed by atoms with E-state index in [9.17, 15) is 4.79 Å². The third-order valence-corrected chi connectivity index (χ3v) is 1.96. The molecule has 1 aromatic rings. The molecule has 0 aliphatic carbocycles. The lowest BCUT2D eigenvalue weighted by Gasteiger charge is -2.24. The molecule has 1 aliphatic rings. The summed E-state index contributed by atoms with van der Waals surface area (Å²) in [5, 5.41) is 0. The zero-order valence-electron chi connectivity index (χ0n) is 7.57. The van der Waals surface area contributed by atoms with Crippen molar-refractivity contribution in [2.24, 2.45) is 0 Å². The molecule has 1 aliphatic heterocycles. The number of fused-ring (bicyclic) bond motifs is 1. The largest absolute Gasteiger partial charge is 0.457 e. The fourth-order valence-corrected chi connectivity index (χ4v) is 1.25. The lowest BCUT2D eigenvalue weighted by molar-refractivity contribution is 0.0713. The number of aromatic nitrogens is 1. The minimum absolute atomic E-state index is 0.0301. The molecular formula is C8H9BN2O2. The molecule has 0 atom stereocenters. The molecule has 0 bridgehead atoms. The number of hydrogen-bond acceptors (Lipinski definition) is 3. The molecule has 0 spiro atoms. The number of nitrogens with zero attached hydrogens (tertiary/aromatic N) is 2. The van der Waals surface area contributed by atoms with Crippen LogP contribution in [0.15, 0.2) is 12.3 Å². The minimum atomic E-state index is -0.0301. The van der Waals surface area contributed by atoms with Crippen molar-refractivity contribution in [1.29, 1.82) is 0 Å². The average molecular weight is 176 g/mol. The number of hydrogen-bond donors (Lipinski definition) is 0. The van der Waals surface area contributed by atoms with E-state index in [1.54, 1.807) is 20.2 Å². The number of rotatable bonds is 0. The van der Waals surface area contributed by atoms with E-state index in [1.165, 1.54) is 4.81 Å². The SMILES string of the molecule is BN1COc2ncc(C)cc2C1=O. The summed E-state index contributed by atoms with van der Waals surface area (Å²) < 4.78 is 5.26. The number of aryl methyl sites for hydroxylation is 1. The van der Waals surface area contributed by atoms with E-state index in [2.05, 4.69) is 4.98 Å². The molecule has 0 unspecified atom stereocenters. The summed E-state index contributed by atoms with van der Waals surface area (Å²) in [5.41, 5.74) is 1.51. The Balaban J connectivity index is 2.51. The summed E-state index contributed by atoms with van der Waals surface area (Å²) in [5.74, 6) is 0.408. The first-order valence-electron chi connectivity index (χ1n) is 4.03. The van der Waals surface area contributed by atoms with Gasteiger partial charge in [-0.15, -0.1) is 0 Å². The Morgan fingerprint density at radius 1 is 1.69 bits per heavy atom. The van der Waals surface area contributed by atoms with Gasteiger partial charge in [0.1, 0.15) is 5.56 Å². The molecule has 1 aromatic heterocycles. The van der Waals surface area contributed by atoms with Crippen LogP contribution in [0.1, 0.15) is 15.9 Å². The van der Waals surface area contributed by atoms with Crippen LogP contribution in [-0.2, 0) is 0 Å². The van der Waals surface area contributed by atoms with Crippen LogP contribution in [0.5, 0.6) is 5.88 Å². The van der Waals surface area contributed by atoms with Crippen LogP contribution in [0.3, 0.4) is 0 Å². The molecule has 1 amide bonds. The predicted octanol–water partition coefficient (Wildman–Crippen LogP) is -0.270. The van der Waals surface area contributed by atoms with Gasteiger partial charge in [-0.25, -0.2) is 4.98 Å². The van der Waals surface area contributed by atoms with Crippen LogP contribution in [0, 0.1) is 6.92 Å². The van der Waals surface area contributed by atoms with E-state index >= 15 is 0 Å². The van der Waals surface area contributed by atoms with E-state index in [4.69, 9.17) is 4.74 Å². The quantitative estimate of drug-likeness (QED) is 0.511. The number of pyridine rings is 1. The van der Waals surface area contributed by atoms with Crippen LogP contribution < -0.4 is 4.74 Å². The van der Waals surface area contributed by atoms with Gasteiger partial charge in [0.25, 0.3) is 0 Å². The Morgan fingerprint density at radius 3 is 3.23 bits per heavy atom. The number of carbonyl (C=O) groups excluding carboxylic acids is 1. The van der Waals surface area contributed by atoms with Gasteiger partial charge in [-0.1, -0.05) is 0 Å². The Morgan fingerprint density at radius 2 is 2.46 bits per heavy atom. The molecule has 2 heterocycles. The minimum Gasteiger partial charge on any atom is -0.457 e. The molecular weight excluding hydrogens is 167 g/mol. The molecule has 0 N–H and O–H groups in total. The summed E-state index contributed by atoms with van der Waals surface area (Å²) in [6, 6.07) is 1.79. The molecule has 66 valence electrons. The third kappa shape index (κ3) is 1.26. The second-order valence-electron chi connectivity index (χ2n) is 3.14. The summed E-state index contributed by atoms with van der Waals surface area (Å²) in [6.07, 6.45) is 1.69. The van der Waals surface area contributed by atoms with Crippen LogP contribution in [-0.4, -0.2) is 30.4 Å². The molecule has 4 nitrogen and oxygen atoms in total. The molecule has 0 aromatic carbocycles. The molecule has 13 heavy (non-hydrogen) atoms. The Labute approximate surface area is 76.9 Å². The zero-order valence-corrected chi connectivity index (χ0v) is 7.57. The van der Waals surface area contributed by atoms with E-state index in [-0.39, 0.29) is 12.6 Å². The van der Waals surface area contributed by atoms with Gasteiger partial charge >= 0.3 is 0 Å². The fourth-order valence-electron chi connectivity index (χ4n) is 1.25. The predicted molar refractivity (Wildman–Crippen MR) is 49.2 cm³/mol. The Bertz CT molecular complexity index is 367. The Hall–Kier alpha value is -1.52. The zero-order chi connectivity index (χ0) is 9.42. The average Bonchev–Trinajstić information content (AvgIpc) is 2.12. The summed E-state index contributed by atoms with van der Waals surface area (Å²) in [4.78, 5) is 17.1. The smallest absolute Gasteiger partial charge is 0.249 e. The number of amides is 1.